The van der Waals surface area contributed by atoms with Crippen LogP contribution in [-0.4, -0.2) is 15.6 Å². The van der Waals surface area contributed by atoms with Crippen molar-refractivity contribution in [1.29, 1.82) is 0 Å². The maximum absolute atomic E-state index is 13.7. The Hall–Kier alpha value is -1.21. The molecule has 2 aromatic rings. The molecule has 0 unspecified atom stereocenters. The van der Waals surface area contributed by atoms with Gasteiger partial charge in [-0.25, -0.2) is 13.6 Å². The minimum absolute atomic E-state index is 0.0497. The van der Waals surface area contributed by atoms with E-state index < -0.39 is 17.6 Å². The number of carboxylic acids is 1. The summed E-state index contributed by atoms with van der Waals surface area (Å²) < 4.78 is 28.5. The van der Waals surface area contributed by atoms with Crippen LogP contribution >= 0.6 is 31.9 Å². The molecule has 94 valence electrons. The number of hydrogen-bond donors (Lipinski definition) is 1. The Bertz CT molecular complexity index is 640. The molecule has 0 aliphatic heterocycles. The van der Waals surface area contributed by atoms with E-state index in [2.05, 4.69) is 31.9 Å². The van der Waals surface area contributed by atoms with E-state index in [-0.39, 0.29) is 15.9 Å². The van der Waals surface area contributed by atoms with Gasteiger partial charge < -0.3 is 9.67 Å². The van der Waals surface area contributed by atoms with E-state index in [1.165, 1.54) is 18.3 Å². The molecule has 1 N–H and O–H groups in total. The summed E-state index contributed by atoms with van der Waals surface area (Å²) in [5.74, 6) is -2.80. The maximum atomic E-state index is 13.7. The lowest BCUT2D eigenvalue weighted by Gasteiger charge is -2.08. The van der Waals surface area contributed by atoms with E-state index in [1.54, 1.807) is 0 Å². The predicted octanol–water partition coefficient (Wildman–Crippen LogP) is 3.98. The van der Waals surface area contributed by atoms with Crippen LogP contribution in [0.25, 0.3) is 5.69 Å². The van der Waals surface area contributed by atoms with Crippen LogP contribution in [0.1, 0.15) is 10.5 Å². The first-order chi connectivity index (χ1) is 8.40. The minimum atomic E-state index is -1.21. The molecule has 1 heterocycles. The monoisotopic (exact) mass is 379 g/mol. The molecular formula is C11H5Br2F2NO2. The maximum Gasteiger partial charge on any atom is 0.352 e. The molecular weight excluding hydrogens is 376 g/mol. The van der Waals surface area contributed by atoms with Crippen LogP contribution in [0, 0.1) is 11.6 Å². The fraction of sp³-hybridized carbons (Fsp3) is 0. The van der Waals surface area contributed by atoms with Crippen LogP contribution in [0.4, 0.5) is 8.78 Å². The number of hydrogen-bond acceptors (Lipinski definition) is 1. The van der Waals surface area contributed by atoms with Crippen molar-refractivity contribution in [2.24, 2.45) is 0 Å². The van der Waals surface area contributed by atoms with Crippen molar-refractivity contribution >= 4 is 37.8 Å². The van der Waals surface area contributed by atoms with E-state index in [0.717, 1.165) is 4.57 Å². The molecule has 0 saturated heterocycles. The van der Waals surface area contributed by atoms with Crippen molar-refractivity contribution in [1.82, 2.24) is 4.57 Å². The molecule has 1 aromatic carbocycles. The number of halogens is 4. The summed E-state index contributed by atoms with van der Waals surface area (Å²) in [4.78, 5) is 11.0. The average Bonchev–Trinajstić information content (AvgIpc) is 2.65. The van der Waals surface area contributed by atoms with E-state index in [0.29, 0.717) is 10.5 Å². The molecule has 0 amide bonds. The Balaban J connectivity index is 2.69. The number of carboxylic acid groups (broad SMARTS) is 1. The lowest BCUT2D eigenvalue weighted by atomic mass is 10.3. The zero-order valence-corrected chi connectivity index (χ0v) is 11.8. The van der Waals surface area contributed by atoms with Crippen LogP contribution < -0.4 is 0 Å². The molecule has 2 rings (SSSR count). The smallest absolute Gasteiger partial charge is 0.352 e. The molecule has 0 aliphatic carbocycles. The second-order valence-corrected chi connectivity index (χ2v) is 5.21. The van der Waals surface area contributed by atoms with Gasteiger partial charge in [-0.05, 0) is 44.0 Å². The predicted molar refractivity (Wildman–Crippen MR) is 68.0 cm³/mol. The summed E-state index contributed by atoms with van der Waals surface area (Å²) in [6, 6.07) is 3.21. The largest absolute Gasteiger partial charge is 0.477 e. The molecule has 7 heteroatoms. The molecule has 0 saturated carbocycles. The van der Waals surface area contributed by atoms with Crippen LogP contribution in [-0.2, 0) is 0 Å². The zero-order chi connectivity index (χ0) is 13.4. The summed E-state index contributed by atoms with van der Waals surface area (Å²) in [5.41, 5.74) is -0.175. The Morgan fingerprint density at radius 3 is 2.44 bits per heavy atom. The van der Waals surface area contributed by atoms with Crippen molar-refractivity contribution < 1.29 is 18.7 Å². The summed E-state index contributed by atoms with van der Waals surface area (Å²) in [6.07, 6.45) is 1.40. The highest BCUT2D eigenvalue weighted by Gasteiger charge is 2.17. The highest BCUT2D eigenvalue weighted by atomic mass is 79.9. The molecule has 0 aliphatic rings. The first kappa shape index (κ1) is 13.2. The fourth-order valence-corrected chi connectivity index (χ4v) is 2.24. The van der Waals surface area contributed by atoms with Gasteiger partial charge in [0, 0.05) is 16.7 Å². The Morgan fingerprint density at radius 1 is 1.17 bits per heavy atom. The SMILES string of the molecule is O=C(O)c1cc(Br)cn1-c1cc(Br)c(F)cc1F. The van der Waals surface area contributed by atoms with Crippen molar-refractivity contribution in [3.8, 4) is 5.69 Å². The van der Waals surface area contributed by atoms with Gasteiger partial charge in [0.1, 0.15) is 17.3 Å². The Kier molecular flexibility index (Phi) is 3.54. The van der Waals surface area contributed by atoms with E-state index in [4.69, 9.17) is 5.11 Å². The molecule has 1 aromatic heterocycles. The van der Waals surface area contributed by atoms with E-state index in [9.17, 15) is 13.6 Å². The average molecular weight is 381 g/mol. The van der Waals surface area contributed by atoms with Gasteiger partial charge in [0.05, 0.1) is 10.2 Å². The van der Waals surface area contributed by atoms with Crippen LogP contribution in [0.15, 0.2) is 33.3 Å². The molecule has 0 radical (unpaired) electrons. The number of aromatic carboxylic acids is 1. The zero-order valence-electron chi connectivity index (χ0n) is 8.62. The quantitative estimate of drug-likeness (QED) is 0.800. The van der Waals surface area contributed by atoms with Crippen molar-refractivity contribution in [3.63, 3.8) is 0 Å². The number of aromatic nitrogens is 1. The third-order valence-electron chi connectivity index (χ3n) is 2.25. The van der Waals surface area contributed by atoms with Gasteiger partial charge in [0.2, 0.25) is 0 Å². The van der Waals surface area contributed by atoms with Gasteiger partial charge in [0.25, 0.3) is 0 Å². The third kappa shape index (κ3) is 2.32. The summed E-state index contributed by atoms with van der Waals surface area (Å²) in [5, 5.41) is 9.01. The molecule has 0 bridgehead atoms. The van der Waals surface area contributed by atoms with Crippen molar-refractivity contribution in [2.45, 2.75) is 0 Å². The van der Waals surface area contributed by atoms with Gasteiger partial charge in [-0.2, -0.15) is 0 Å². The van der Waals surface area contributed by atoms with Crippen LogP contribution in [0.2, 0.25) is 0 Å². The van der Waals surface area contributed by atoms with Gasteiger partial charge >= 0.3 is 5.97 Å². The van der Waals surface area contributed by atoms with Gasteiger partial charge in [-0.3, -0.25) is 0 Å². The number of carbonyl (C=O) groups is 1. The first-order valence-electron chi connectivity index (χ1n) is 4.66. The fourth-order valence-electron chi connectivity index (χ4n) is 1.49. The third-order valence-corrected chi connectivity index (χ3v) is 3.30. The van der Waals surface area contributed by atoms with Crippen molar-refractivity contribution in [2.75, 3.05) is 0 Å². The lowest BCUT2D eigenvalue weighted by molar-refractivity contribution is 0.0688. The topological polar surface area (TPSA) is 42.2 Å². The summed E-state index contributed by atoms with van der Waals surface area (Å²) >= 11 is 6.05. The molecule has 0 atom stereocenters. The normalized spacial score (nSPS) is 10.7. The number of nitrogens with zero attached hydrogens (tertiary/aromatic N) is 1. The summed E-state index contributed by atoms with van der Waals surface area (Å²) in [6.45, 7) is 0. The second-order valence-electron chi connectivity index (χ2n) is 3.44. The Morgan fingerprint density at radius 2 is 1.83 bits per heavy atom. The molecule has 0 fully saturated rings. The van der Waals surface area contributed by atoms with Crippen LogP contribution in [0.5, 0.6) is 0 Å². The van der Waals surface area contributed by atoms with Gasteiger partial charge in [-0.1, -0.05) is 0 Å². The number of rotatable bonds is 2. The summed E-state index contributed by atoms with van der Waals surface area (Å²) in [7, 11) is 0. The second kappa shape index (κ2) is 4.81. The lowest BCUT2D eigenvalue weighted by Crippen LogP contribution is -2.07. The van der Waals surface area contributed by atoms with E-state index in [1.807, 2.05) is 0 Å². The standard InChI is InChI=1S/C11H5Br2F2NO2/c12-5-1-10(11(17)18)16(4-5)9-2-6(13)7(14)3-8(9)15/h1-4H,(H,17,18). The number of benzene rings is 1. The Labute approximate surface area is 117 Å². The van der Waals surface area contributed by atoms with Crippen LogP contribution in [0.3, 0.4) is 0 Å². The van der Waals surface area contributed by atoms with Crippen molar-refractivity contribution in [3.05, 3.63) is 50.7 Å². The van der Waals surface area contributed by atoms with Gasteiger partial charge in [-0.15, -0.1) is 0 Å². The molecule has 3 nitrogen and oxygen atoms in total. The minimum Gasteiger partial charge on any atom is -0.477 e. The van der Waals surface area contributed by atoms with E-state index >= 15 is 0 Å². The first-order valence-corrected chi connectivity index (χ1v) is 6.25. The molecule has 18 heavy (non-hydrogen) atoms. The molecule has 0 spiro atoms. The van der Waals surface area contributed by atoms with Gasteiger partial charge in [0.15, 0.2) is 0 Å². The highest BCUT2D eigenvalue weighted by molar-refractivity contribution is 9.10. The highest BCUT2D eigenvalue weighted by Crippen LogP contribution is 2.26.